The molecule has 0 bridgehead atoms. The first-order valence-electron chi connectivity index (χ1n) is 6.30. The van der Waals surface area contributed by atoms with Crippen molar-refractivity contribution in [3.05, 3.63) is 0 Å². The average Bonchev–Trinajstić information content (AvgIpc) is 2.86. The van der Waals surface area contributed by atoms with Gasteiger partial charge in [-0.2, -0.15) is 4.31 Å². The topological polar surface area (TPSA) is 66.6 Å². The summed E-state index contributed by atoms with van der Waals surface area (Å²) in [5, 5.41) is -0.239. The minimum Gasteiger partial charge on any atom is -0.329 e. The van der Waals surface area contributed by atoms with Gasteiger partial charge in [-0.1, -0.05) is 0 Å². The number of likely N-dealkylation sites (tertiary alicyclic amines) is 1. The van der Waals surface area contributed by atoms with Gasteiger partial charge in [-0.05, 0) is 39.8 Å². The van der Waals surface area contributed by atoms with Crippen LogP contribution < -0.4 is 5.73 Å². The van der Waals surface area contributed by atoms with Gasteiger partial charge in [0.2, 0.25) is 10.0 Å². The standard InChI is InChI=1S/C11H23N3O2S/c1-11(9-12)5-3-6-14(11)17(15,16)10-4-7-13(2)8-10/h10H,3-9,12H2,1-2H3. The molecule has 17 heavy (non-hydrogen) atoms. The van der Waals surface area contributed by atoms with Crippen LogP contribution >= 0.6 is 0 Å². The Balaban J connectivity index is 2.21. The van der Waals surface area contributed by atoms with Crippen molar-refractivity contribution in [3.63, 3.8) is 0 Å². The number of rotatable bonds is 3. The second kappa shape index (κ2) is 4.50. The molecule has 0 amide bonds. The van der Waals surface area contributed by atoms with Crippen LogP contribution in [0.25, 0.3) is 0 Å². The molecule has 2 atom stereocenters. The molecular weight excluding hydrogens is 238 g/mol. The Hall–Kier alpha value is -0.170. The van der Waals surface area contributed by atoms with E-state index in [2.05, 4.69) is 4.90 Å². The maximum atomic E-state index is 12.6. The van der Waals surface area contributed by atoms with E-state index in [-0.39, 0.29) is 10.8 Å². The van der Waals surface area contributed by atoms with Gasteiger partial charge in [-0.15, -0.1) is 0 Å². The van der Waals surface area contributed by atoms with Crippen molar-refractivity contribution in [1.82, 2.24) is 9.21 Å². The number of hydrogen-bond donors (Lipinski definition) is 1. The summed E-state index contributed by atoms with van der Waals surface area (Å²) in [6.45, 7) is 4.54. The summed E-state index contributed by atoms with van der Waals surface area (Å²) in [4.78, 5) is 2.08. The van der Waals surface area contributed by atoms with Crippen LogP contribution in [0.5, 0.6) is 0 Å². The van der Waals surface area contributed by atoms with E-state index < -0.39 is 10.0 Å². The lowest BCUT2D eigenvalue weighted by Crippen LogP contribution is -2.53. The van der Waals surface area contributed by atoms with Crippen molar-refractivity contribution in [2.24, 2.45) is 5.73 Å². The molecule has 0 aromatic rings. The molecule has 0 aromatic carbocycles. The van der Waals surface area contributed by atoms with E-state index in [0.717, 1.165) is 25.8 Å². The zero-order chi connectivity index (χ0) is 12.7. The molecule has 5 nitrogen and oxygen atoms in total. The van der Waals surface area contributed by atoms with Gasteiger partial charge in [-0.3, -0.25) is 0 Å². The number of nitrogens with zero attached hydrogens (tertiary/aromatic N) is 2. The molecule has 2 rings (SSSR count). The lowest BCUT2D eigenvalue weighted by Gasteiger charge is -2.35. The summed E-state index contributed by atoms with van der Waals surface area (Å²) >= 11 is 0. The quantitative estimate of drug-likeness (QED) is 0.766. The van der Waals surface area contributed by atoms with Gasteiger partial charge < -0.3 is 10.6 Å². The molecule has 2 fully saturated rings. The largest absolute Gasteiger partial charge is 0.329 e. The van der Waals surface area contributed by atoms with Gasteiger partial charge in [0.15, 0.2) is 0 Å². The smallest absolute Gasteiger partial charge is 0.218 e. The van der Waals surface area contributed by atoms with Gasteiger partial charge in [0.05, 0.1) is 5.25 Å². The monoisotopic (exact) mass is 261 g/mol. The van der Waals surface area contributed by atoms with Crippen molar-refractivity contribution in [3.8, 4) is 0 Å². The van der Waals surface area contributed by atoms with Crippen LogP contribution in [-0.4, -0.2) is 61.6 Å². The highest BCUT2D eigenvalue weighted by Gasteiger charge is 2.46. The van der Waals surface area contributed by atoms with Crippen LogP contribution in [0, 0.1) is 0 Å². The minimum atomic E-state index is -3.18. The molecule has 100 valence electrons. The summed E-state index contributed by atoms with van der Waals surface area (Å²) < 4.78 is 26.9. The summed E-state index contributed by atoms with van der Waals surface area (Å²) in [6.07, 6.45) is 2.55. The van der Waals surface area contributed by atoms with E-state index in [1.54, 1.807) is 4.31 Å². The van der Waals surface area contributed by atoms with Gasteiger partial charge in [0.25, 0.3) is 0 Å². The summed E-state index contributed by atoms with van der Waals surface area (Å²) in [5.74, 6) is 0. The van der Waals surface area contributed by atoms with Crippen LogP contribution in [0.3, 0.4) is 0 Å². The molecule has 0 aromatic heterocycles. The van der Waals surface area contributed by atoms with E-state index >= 15 is 0 Å². The highest BCUT2D eigenvalue weighted by molar-refractivity contribution is 7.89. The van der Waals surface area contributed by atoms with Crippen molar-refractivity contribution in [2.75, 3.05) is 33.2 Å². The first-order valence-corrected chi connectivity index (χ1v) is 7.81. The number of hydrogen-bond acceptors (Lipinski definition) is 4. The van der Waals surface area contributed by atoms with Crippen molar-refractivity contribution in [2.45, 2.75) is 37.0 Å². The Kier molecular flexibility index (Phi) is 3.51. The number of sulfonamides is 1. The molecule has 2 aliphatic heterocycles. The Bertz CT molecular complexity index is 384. The molecule has 0 spiro atoms. The summed E-state index contributed by atoms with van der Waals surface area (Å²) in [5.41, 5.74) is 5.40. The Morgan fingerprint density at radius 2 is 2.12 bits per heavy atom. The minimum absolute atomic E-state index is 0.239. The molecule has 2 heterocycles. The fourth-order valence-corrected chi connectivity index (χ4v) is 5.32. The van der Waals surface area contributed by atoms with Crippen LogP contribution in [0.1, 0.15) is 26.2 Å². The fourth-order valence-electron chi connectivity index (χ4n) is 2.95. The fraction of sp³-hybridized carbons (Fsp3) is 1.00. The zero-order valence-corrected chi connectivity index (χ0v) is 11.5. The highest BCUT2D eigenvalue weighted by atomic mass is 32.2. The SMILES string of the molecule is CN1CCC(S(=O)(=O)N2CCCC2(C)CN)C1. The maximum absolute atomic E-state index is 12.6. The molecule has 2 saturated heterocycles. The molecule has 0 aliphatic carbocycles. The molecular formula is C11H23N3O2S. The molecule has 0 radical (unpaired) electrons. The van der Waals surface area contributed by atoms with E-state index in [9.17, 15) is 8.42 Å². The summed E-state index contributed by atoms with van der Waals surface area (Å²) in [7, 11) is -1.21. The van der Waals surface area contributed by atoms with E-state index in [0.29, 0.717) is 19.6 Å². The lowest BCUT2D eigenvalue weighted by molar-refractivity contribution is 0.270. The van der Waals surface area contributed by atoms with Crippen molar-refractivity contribution in [1.29, 1.82) is 0 Å². The van der Waals surface area contributed by atoms with Crippen molar-refractivity contribution >= 4 is 10.0 Å². The molecule has 0 saturated carbocycles. The summed E-state index contributed by atoms with van der Waals surface area (Å²) in [6, 6.07) is 0. The van der Waals surface area contributed by atoms with E-state index in [4.69, 9.17) is 5.73 Å². The maximum Gasteiger partial charge on any atom is 0.218 e. The second-order valence-electron chi connectivity index (χ2n) is 5.59. The first kappa shape index (κ1) is 13.3. The van der Waals surface area contributed by atoms with Crippen LogP contribution in [0.4, 0.5) is 0 Å². The zero-order valence-electron chi connectivity index (χ0n) is 10.7. The number of nitrogens with two attached hydrogens (primary N) is 1. The predicted octanol–water partition coefficient (Wildman–Crippen LogP) is -0.166. The van der Waals surface area contributed by atoms with Gasteiger partial charge in [0.1, 0.15) is 0 Å². The average molecular weight is 261 g/mol. The van der Waals surface area contributed by atoms with Gasteiger partial charge >= 0.3 is 0 Å². The van der Waals surface area contributed by atoms with Crippen LogP contribution in [0.2, 0.25) is 0 Å². The normalized spacial score (nSPS) is 36.8. The predicted molar refractivity (Wildman–Crippen MR) is 68.2 cm³/mol. The van der Waals surface area contributed by atoms with E-state index in [1.807, 2.05) is 14.0 Å². The molecule has 2 unspecified atom stereocenters. The van der Waals surface area contributed by atoms with E-state index in [1.165, 1.54) is 0 Å². The molecule has 2 N–H and O–H groups in total. The van der Waals surface area contributed by atoms with Crippen LogP contribution in [0.15, 0.2) is 0 Å². The Morgan fingerprint density at radius 1 is 1.41 bits per heavy atom. The molecule has 2 aliphatic rings. The first-order chi connectivity index (χ1) is 7.90. The Morgan fingerprint density at radius 3 is 2.65 bits per heavy atom. The third-order valence-electron chi connectivity index (χ3n) is 4.19. The highest BCUT2D eigenvalue weighted by Crippen LogP contribution is 2.33. The lowest BCUT2D eigenvalue weighted by atomic mass is 10.0. The van der Waals surface area contributed by atoms with Crippen LogP contribution in [-0.2, 0) is 10.0 Å². The van der Waals surface area contributed by atoms with Gasteiger partial charge in [-0.25, -0.2) is 8.42 Å². The second-order valence-corrected chi connectivity index (χ2v) is 7.73. The Labute approximate surface area is 104 Å². The molecule has 6 heteroatoms. The van der Waals surface area contributed by atoms with Crippen molar-refractivity contribution < 1.29 is 8.42 Å². The van der Waals surface area contributed by atoms with Gasteiger partial charge in [0, 0.05) is 25.2 Å². The third kappa shape index (κ3) is 2.23. The third-order valence-corrected chi connectivity index (χ3v) is 6.66.